The van der Waals surface area contributed by atoms with E-state index >= 15 is 0 Å². The van der Waals surface area contributed by atoms with Crippen LogP contribution in [-0.4, -0.2) is 17.4 Å². The molecular weight excluding hydrogens is 348 g/mol. The first-order chi connectivity index (χ1) is 13.5. The number of allylic oxidation sites excluding steroid dienone is 1. The summed E-state index contributed by atoms with van der Waals surface area (Å²) in [5.41, 5.74) is 1.59. The van der Waals surface area contributed by atoms with Gasteiger partial charge in [0, 0.05) is 24.2 Å². The van der Waals surface area contributed by atoms with Crippen LogP contribution in [0, 0.1) is 46.8 Å². The maximum absolute atomic E-state index is 12.3. The van der Waals surface area contributed by atoms with Crippen LogP contribution in [0.4, 0.5) is 0 Å². The van der Waals surface area contributed by atoms with E-state index in [1.807, 2.05) is 6.08 Å². The summed E-state index contributed by atoms with van der Waals surface area (Å²) in [6.45, 7) is 4.74. The second kappa shape index (κ2) is 5.73. The minimum Gasteiger partial charge on any atom is -0.458 e. The molecule has 1 aliphatic heterocycles. The van der Waals surface area contributed by atoms with Crippen LogP contribution >= 0.6 is 0 Å². The molecule has 0 N–H and O–H groups in total. The summed E-state index contributed by atoms with van der Waals surface area (Å²) in [5.74, 6) is 5.51. The van der Waals surface area contributed by atoms with Gasteiger partial charge in [-0.1, -0.05) is 25.8 Å². The van der Waals surface area contributed by atoms with Gasteiger partial charge in [-0.3, -0.25) is 9.59 Å². The van der Waals surface area contributed by atoms with Gasteiger partial charge in [-0.05, 0) is 86.5 Å². The number of fused-ring (bicyclic) bond motifs is 9. The Hall–Kier alpha value is -1.12. The highest BCUT2D eigenvalue weighted by atomic mass is 16.6. The Bertz CT molecular complexity index is 768. The molecule has 0 aromatic rings. The van der Waals surface area contributed by atoms with Crippen molar-refractivity contribution in [2.45, 2.75) is 83.7 Å². The van der Waals surface area contributed by atoms with Gasteiger partial charge in [0.1, 0.15) is 5.60 Å². The van der Waals surface area contributed by atoms with Crippen molar-refractivity contribution in [1.82, 2.24) is 0 Å². The Kier molecular flexibility index (Phi) is 3.62. The zero-order chi connectivity index (χ0) is 19.3. The SMILES string of the molecule is CC[C@@H]1CC2=CC(=O)CC[C@@H]2C2CC[C@@]3(CC)C(C21)[C@H]1C[C@H]1[C@@]31CCC(=O)O1. The molecule has 1 heterocycles. The summed E-state index contributed by atoms with van der Waals surface area (Å²) in [6.07, 6.45) is 12.8. The van der Waals surface area contributed by atoms with E-state index in [2.05, 4.69) is 13.8 Å². The average molecular weight is 383 g/mol. The van der Waals surface area contributed by atoms with Crippen molar-refractivity contribution in [2.75, 3.05) is 0 Å². The molecule has 3 nitrogen and oxygen atoms in total. The Labute approximate surface area is 168 Å². The normalized spacial score (nSPS) is 53.8. The van der Waals surface area contributed by atoms with Gasteiger partial charge < -0.3 is 4.74 Å². The van der Waals surface area contributed by atoms with Gasteiger partial charge in [0.25, 0.3) is 0 Å². The van der Waals surface area contributed by atoms with Crippen molar-refractivity contribution in [2.24, 2.45) is 46.8 Å². The predicted octanol–water partition coefficient (Wildman–Crippen LogP) is 5.09. The zero-order valence-electron chi connectivity index (χ0n) is 17.4. The number of carbonyl (C=O) groups excluding carboxylic acids is 2. The van der Waals surface area contributed by atoms with E-state index in [0.29, 0.717) is 30.0 Å². The van der Waals surface area contributed by atoms with Crippen molar-refractivity contribution in [3.8, 4) is 0 Å². The lowest BCUT2D eigenvalue weighted by molar-refractivity contribution is -0.182. The van der Waals surface area contributed by atoms with E-state index in [1.165, 1.54) is 37.7 Å². The first-order valence-corrected chi connectivity index (χ1v) is 12.0. The van der Waals surface area contributed by atoms with Crippen molar-refractivity contribution in [3.05, 3.63) is 11.6 Å². The molecule has 28 heavy (non-hydrogen) atoms. The van der Waals surface area contributed by atoms with Gasteiger partial charge in [-0.15, -0.1) is 0 Å². The largest absolute Gasteiger partial charge is 0.458 e. The van der Waals surface area contributed by atoms with Gasteiger partial charge in [0.15, 0.2) is 5.78 Å². The van der Waals surface area contributed by atoms with Gasteiger partial charge in [0.05, 0.1) is 0 Å². The highest BCUT2D eigenvalue weighted by Crippen LogP contribution is 2.79. The summed E-state index contributed by atoms with van der Waals surface area (Å²) in [7, 11) is 0. The minimum absolute atomic E-state index is 0.0629. The lowest BCUT2D eigenvalue weighted by Crippen LogP contribution is -2.57. The molecule has 6 rings (SSSR count). The molecule has 1 saturated heterocycles. The molecule has 5 aliphatic carbocycles. The number of ether oxygens (including phenoxy) is 1. The third-order valence-electron chi connectivity index (χ3n) is 10.4. The minimum atomic E-state index is -0.129. The Morgan fingerprint density at radius 3 is 2.68 bits per heavy atom. The number of hydrogen-bond donors (Lipinski definition) is 0. The van der Waals surface area contributed by atoms with E-state index in [1.54, 1.807) is 0 Å². The number of rotatable bonds is 2. The fourth-order valence-corrected chi connectivity index (χ4v) is 9.58. The monoisotopic (exact) mass is 382 g/mol. The van der Waals surface area contributed by atoms with Crippen molar-refractivity contribution in [3.63, 3.8) is 0 Å². The standard InChI is InChI=1S/C25H34O3/c1-3-14-11-15-12-16(26)5-6-17(15)18-7-9-24(4-2)23(22(14)18)19-13-20(19)25(24)10-8-21(27)28-25/h12,14,17-20,22-23H,3-11,13H2,1-2H3/t14-,17+,18?,19+,20-,22?,23?,24+,25+/m1/s1. The highest BCUT2D eigenvalue weighted by Gasteiger charge is 2.79. The van der Waals surface area contributed by atoms with E-state index in [-0.39, 0.29) is 17.0 Å². The molecule has 5 fully saturated rings. The molecule has 0 bridgehead atoms. The number of hydrogen-bond acceptors (Lipinski definition) is 3. The summed E-state index contributed by atoms with van der Waals surface area (Å²) in [6, 6.07) is 0. The lowest BCUT2D eigenvalue weighted by atomic mass is 9.45. The molecule has 0 radical (unpaired) electrons. The molecule has 4 saturated carbocycles. The lowest BCUT2D eigenvalue weighted by Gasteiger charge is -2.60. The number of esters is 1. The van der Waals surface area contributed by atoms with Crippen LogP contribution in [0.1, 0.15) is 78.1 Å². The van der Waals surface area contributed by atoms with E-state index in [9.17, 15) is 9.59 Å². The van der Waals surface area contributed by atoms with Crippen LogP contribution in [0.5, 0.6) is 0 Å². The fraction of sp³-hybridized carbons (Fsp3) is 0.840. The van der Waals surface area contributed by atoms with Crippen LogP contribution in [-0.2, 0) is 14.3 Å². The van der Waals surface area contributed by atoms with Crippen LogP contribution < -0.4 is 0 Å². The summed E-state index contributed by atoms with van der Waals surface area (Å²) in [5, 5.41) is 0. The van der Waals surface area contributed by atoms with Crippen molar-refractivity contribution < 1.29 is 14.3 Å². The smallest absolute Gasteiger partial charge is 0.306 e. The fourth-order valence-electron chi connectivity index (χ4n) is 9.58. The third kappa shape index (κ3) is 1.97. The Balaban J connectivity index is 1.43. The molecular formula is C25H34O3. The first-order valence-electron chi connectivity index (χ1n) is 12.0. The molecule has 0 aromatic carbocycles. The van der Waals surface area contributed by atoms with Gasteiger partial charge in [0.2, 0.25) is 0 Å². The van der Waals surface area contributed by atoms with Gasteiger partial charge in [-0.25, -0.2) is 0 Å². The molecule has 3 unspecified atom stereocenters. The quantitative estimate of drug-likeness (QED) is 0.625. The molecule has 0 aromatic heterocycles. The van der Waals surface area contributed by atoms with Crippen LogP contribution in [0.15, 0.2) is 11.6 Å². The van der Waals surface area contributed by atoms with Crippen LogP contribution in [0.3, 0.4) is 0 Å². The molecule has 1 spiro atoms. The van der Waals surface area contributed by atoms with Crippen LogP contribution in [0.2, 0.25) is 0 Å². The molecule has 6 aliphatic rings. The average Bonchev–Trinajstić information content (AvgIpc) is 3.34. The highest BCUT2D eigenvalue weighted by molar-refractivity contribution is 5.91. The molecule has 3 heteroatoms. The summed E-state index contributed by atoms with van der Waals surface area (Å²) in [4.78, 5) is 24.3. The Morgan fingerprint density at radius 2 is 1.96 bits per heavy atom. The second-order valence-corrected chi connectivity index (χ2v) is 10.9. The summed E-state index contributed by atoms with van der Waals surface area (Å²) >= 11 is 0. The van der Waals surface area contributed by atoms with E-state index < -0.39 is 0 Å². The second-order valence-electron chi connectivity index (χ2n) is 10.9. The maximum atomic E-state index is 12.3. The molecule has 9 atom stereocenters. The zero-order valence-corrected chi connectivity index (χ0v) is 17.4. The molecule has 152 valence electrons. The molecule has 0 amide bonds. The third-order valence-corrected chi connectivity index (χ3v) is 10.4. The Morgan fingerprint density at radius 1 is 1.11 bits per heavy atom. The van der Waals surface area contributed by atoms with Crippen molar-refractivity contribution >= 4 is 11.8 Å². The van der Waals surface area contributed by atoms with Gasteiger partial charge >= 0.3 is 5.97 Å². The van der Waals surface area contributed by atoms with Crippen molar-refractivity contribution in [1.29, 1.82) is 0 Å². The number of carbonyl (C=O) groups is 2. The predicted molar refractivity (Wildman–Crippen MR) is 106 cm³/mol. The topological polar surface area (TPSA) is 43.4 Å². The summed E-state index contributed by atoms with van der Waals surface area (Å²) < 4.78 is 6.30. The van der Waals surface area contributed by atoms with Crippen LogP contribution in [0.25, 0.3) is 0 Å². The van der Waals surface area contributed by atoms with E-state index in [4.69, 9.17) is 4.74 Å². The van der Waals surface area contributed by atoms with Gasteiger partial charge in [-0.2, -0.15) is 0 Å². The number of ketones is 1. The maximum Gasteiger partial charge on any atom is 0.306 e. The first kappa shape index (κ1) is 17.7. The van der Waals surface area contributed by atoms with E-state index in [0.717, 1.165) is 49.4 Å².